The molecule has 0 radical (unpaired) electrons. The molecule has 0 spiro atoms. The van der Waals surface area contributed by atoms with Crippen molar-refractivity contribution in [2.75, 3.05) is 26.4 Å². The van der Waals surface area contributed by atoms with Gasteiger partial charge in [-0.3, -0.25) is 0 Å². The van der Waals surface area contributed by atoms with Crippen LogP contribution in [-0.4, -0.2) is 144 Å². The van der Waals surface area contributed by atoms with Crippen molar-refractivity contribution in [1.82, 2.24) is 74.8 Å². The van der Waals surface area contributed by atoms with Crippen molar-refractivity contribution in [2.24, 2.45) is 5.92 Å². The normalized spacial score (nSPS) is 13.8. The highest BCUT2D eigenvalue weighted by Crippen LogP contribution is 2.40. The number of unbranched alkanes of at least 4 members (excludes halogenated alkanes) is 2. The van der Waals surface area contributed by atoms with E-state index in [0.717, 1.165) is 124 Å². The Hall–Kier alpha value is -2.42. The standard InChI is InChI=1S/C37H56Br2N6S4.C25H37B2N3O4S2.C12H6Br2N6S4/c1-14-15-16-25-26(38)19-23(20-27(25)39)17-18-24(21-28-40-30(46-34(2,3)4)44-31(41-28)47-35(5,6)7)22-29-42-32(48-36(8,9)10)45-33(43-29)49-37(11,12)13;1-24(2,3)35-22-28-21(29-23(30-22)36-25(4,5)6)10-8-7-9-18-11-12-19(26-31-13-14-32-26)17-20(18)27-33-15-16-34-27;13-5-1-3(7-15-9(21)19-10(22)16-7)6(14)2-4(5)8-17-11(23)20-12(24)18-8/h19-20,24H,14-18,21-22H2,1-13H3;11-12,17H,7-10,13-16H2,1-6H3;1-2H,(H2,15,16,19,21,22)(H2,17,18,20,23,24). The second-order valence-electron chi connectivity index (χ2n) is 32.0. The Bertz CT molecular complexity index is 4310. The third-order valence-corrected chi connectivity index (χ3v) is 24.4. The molecule has 19 nitrogen and oxygen atoms in total. The van der Waals surface area contributed by atoms with Gasteiger partial charge in [0.2, 0.25) is 9.54 Å². The molecule has 5 aromatic heterocycles. The Balaban J connectivity index is 0.000000218. The number of aryl methyl sites for hydroxylation is 3. The van der Waals surface area contributed by atoms with E-state index in [0.29, 0.717) is 70.0 Å². The van der Waals surface area contributed by atoms with Crippen molar-refractivity contribution >= 4 is 208 Å². The summed E-state index contributed by atoms with van der Waals surface area (Å²) in [6.07, 6.45) is 10.5. The molecule has 0 bridgehead atoms. The summed E-state index contributed by atoms with van der Waals surface area (Å²) < 4.78 is 28.4. The number of nitrogens with zero attached hydrogens (tertiary/aromatic N) is 11. The highest BCUT2D eigenvalue weighted by molar-refractivity contribution is 9.11. The number of aromatic amines is 4. The molecule has 7 heterocycles. The zero-order valence-electron chi connectivity index (χ0n) is 65.5. The van der Waals surface area contributed by atoms with Gasteiger partial charge in [0.25, 0.3) is 0 Å². The summed E-state index contributed by atoms with van der Waals surface area (Å²) in [5.74, 6) is 3.85. The van der Waals surface area contributed by atoms with E-state index in [2.05, 4.69) is 256 Å². The number of nitrogens with one attached hydrogen (secondary N) is 4. The number of thioether (sulfide) groups is 6. The van der Waals surface area contributed by atoms with E-state index in [-0.39, 0.29) is 48.6 Å². The van der Waals surface area contributed by atoms with Gasteiger partial charge in [0.1, 0.15) is 29.1 Å². The smallest absolute Gasteiger partial charge is 0.405 e. The fourth-order valence-corrected chi connectivity index (χ4v) is 19.5. The van der Waals surface area contributed by atoms with E-state index in [1.165, 1.54) is 38.5 Å². The summed E-state index contributed by atoms with van der Waals surface area (Å²) in [7, 11) is -0.623. The summed E-state index contributed by atoms with van der Waals surface area (Å²) in [6.45, 7) is 44.2. The molecule has 2 aliphatic heterocycles. The van der Waals surface area contributed by atoms with Crippen molar-refractivity contribution in [3.63, 3.8) is 0 Å². The van der Waals surface area contributed by atoms with Crippen LogP contribution >= 0.6 is 183 Å². The lowest BCUT2D eigenvalue weighted by Crippen LogP contribution is -2.41. The highest BCUT2D eigenvalue weighted by Gasteiger charge is 2.34. The first-order valence-electron chi connectivity index (χ1n) is 36.2. The predicted octanol–water partition coefficient (Wildman–Crippen LogP) is 21.8. The molecule has 4 N–H and O–H groups in total. The molecule has 2 fully saturated rings. The highest BCUT2D eigenvalue weighted by atomic mass is 79.9. The van der Waals surface area contributed by atoms with Crippen LogP contribution in [0.25, 0.3) is 22.8 Å². The summed E-state index contributed by atoms with van der Waals surface area (Å²) in [5.41, 5.74) is 7.56. The van der Waals surface area contributed by atoms with Gasteiger partial charge in [-0.1, -0.05) is 290 Å². The van der Waals surface area contributed by atoms with Crippen LogP contribution in [0.2, 0.25) is 0 Å². The summed E-state index contributed by atoms with van der Waals surface area (Å²) >= 11 is 45.4. The van der Waals surface area contributed by atoms with E-state index >= 15 is 0 Å². The average molecular weight is 1920 g/mol. The van der Waals surface area contributed by atoms with Crippen LogP contribution in [0.4, 0.5) is 0 Å². The third-order valence-electron chi connectivity index (χ3n) is 15.0. The molecular formula is C74H99B2Br4N15O4S10. The second kappa shape index (κ2) is 41.1. The molecule has 0 aliphatic carbocycles. The van der Waals surface area contributed by atoms with E-state index < -0.39 is 0 Å². The molecule has 10 rings (SSSR count). The second-order valence-corrected chi connectivity index (χ2v) is 47.8. The molecule has 8 aromatic rings. The predicted molar refractivity (Wildman–Crippen MR) is 480 cm³/mol. The van der Waals surface area contributed by atoms with Crippen molar-refractivity contribution < 1.29 is 18.6 Å². The van der Waals surface area contributed by atoms with E-state index in [9.17, 15) is 0 Å². The molecule has 2 saturated heterocycles. The molecule has 0 amide bonds. The molecule has 35 heteroatoms. The van der Waals surface area contributed by atoms with Gasteiger partial charge in [-0.2, -0.15) is 15.0 Å². The Labute approximate surface area is 724 Å². The maximum atomic E-state index is 5.84. The lowest BCUT2D eigenvalue weighted by Gasteiger charge is -2.22. The zero-order valence-corrected chi connectivity index (χ0v) is 80.0. The quantitative estimate of drug-likeness (QED) is 0.0180. The maximum absolute atomic E-state index is 5.84. The van der Waals surface area contributed by atoms with Crippen LogP contribution in [0.5, 0.6) is 0 Å². The van der Waals surface area contributed by atoms with Gasteiger partial charge >= 0.3 is 14.2 Å². The van der Waals surface area contributed by atoms with Crippen LogP contribution in [0.1, 0.15) is 198 Å². The fraction of sp³-hybridized carbons (Fsp3) is 0.554. The Morgan fingerprint density at radius 1 is 0.413 bits per heavy atom. The van der Waals surface area contributed by atoms with Crippen LogP contribution in [0, 0.1) is 25.0 Å². The number of rotatable bonds is 25. The van der Waals surface area contributed by atoms with E-state index in [1.807, 2.05) is 12.1 Å². The lowest BCUT2D eigenvalue weighted by molar-refractivity contribution is 0.365. The Morgan fingerprint density at radius 3 is 1.15 bits per heavy atom. The van der Waals surface area contributed by atoms with Gasteiger partial charge in [-0.05, 0) is 152 Å². The van der Waals surface area contributed by atoms with Crippen LogP contribution in [0.15, 0.2) is 91.3 Å². The van der Waals surface area contributed by atoms with Crippen molar-refractivity contribution in [3.05, 3.63) is 114 Å². The summed E-state index contributed by atoms with van der Waals surface area (Å²) in [6, 6.07) is 14.7. The molecule has 588 valence electrons. The Morgan fingerprint density at radius 2 is 0.780 bits per heavy atom. The van der Waals surface area contributed by atoms with Crippen LogP contribution < -0.4 is 10.9 Å². The first-order chi connectivity index (χ1) is 50.9. The van der Waals surface area contributed by atoms with Gasteiger partial charge in [0, 0.05) is 76.8 Å². The number of halogens is 4. The molecule has 0 atom stereocenters. The molecule has 2 aliphatic rings. The summed E-state index contributed by atoms with van der Waals surface area (Å²) in [5, 5.41) is 4.75. The van der Waals surface area contributed by atoms with Gasteiger partial charge in [-0.25, -0.2) is 39.9 Å². The molecular weight excluding hydrogens is 1820 g/mol. The topological polar surface area (TPSA) is 242 Å². The zero-order chi connectivity index (χ0) is 80.0. The lowest BCUT2D eigenvalue weighted by atomic mass is 9.69. The van der Waals surface area contributed by atoms with Crippen LogP contribution in [0.3, 0.4) is 0 Å². The maximum Gasteiger partial charge on any atom is 0.494 e. The average Bonchev–Trinajstić information content (AvgIpc) is 1.41. The van der Waals surface area contributed by atoms with Gasteiger partial charge < -0.3 is 38.6 Å². The first kappa shape index (κ1) is 92.1. The third kappa shape index (κ3) is 32.5. The molecule has 3 aromatic carbocycles. The van der Waals surface area contributed by atoms with Gasteiger partial charge in [0.15, 0.2) is 40.5 Å². The van der Waals surface area contributed by atoms with Crippen LogP contribution in [-0.2, 0) is 57.1 Å². The van der Waals surface area contributed by atoms with Crippen molar-refractivity contribution in [2.45, 2.75) is 262 Å². The number of hydrogen-bond donors (Lipinski definition) is 4. The monoisotopic (exact) mass is 1920 g/mol. The van der Waals surface area contributed by atoms with Gasteiger partial charge in [-0.15, -0.1) is 0 Å². The minimum absolute atomic E-state index is 0.0150. The number of hydrogen-bond acceptors (Lipinski definition) is 25. The Kier molecular flexibility index (Phi) is 34.7. The van der Waals surface area contributed by atoms with E-state index in [4.69, 9.17) is 112 Å². The fourth-order valence-electron chi connectivity index (χ4n) is 10.7. The minimum atomic E-state index is -0.321. The van der Waals surface area contributed by atoms with Gasteiger partial charge in [0.05, 0.1) is 26.4 Å². The number of benzene rings is 3. The van der Waals surface area contributed by atoms with Crippen molar-refractivity contribution in [1.29, 1.82) is 0 Å². The largest absolute Gasteiger partial charge is 0.494 e. The molecule has 109 heavy (non-hydrogen) atoms. The van der Waals surface area contributed by atoms with Crippen molar-refractivity contribution in [3.8, 4) is 22.8 Å². The van der Waals surface area contributed by atoms with E-state index in [1.54, 1.807) is 70.6 Å². The first-order valence-corrected chi connectivity index (χ1v) is 45.9. The SMILES string of the molecule is CC(C)(C)Sc1nc(CCCCc2ccc(B3OCCO3)cc2B2OCCO2)nc(SC(C)(C)C)n1.CCCCc1c(Br)cc(CCC(Cc2nc(SC(C)(C)C)nc(SC(C)(C)C)n2)Cc2nc(SC(C)(C)C)nc(SC(C)(C)C)n2)cc1Br.S=c1nc(-c2cc(Br)c(-c3nc(=S)[nH]c(=S)[nH]3)cc2Br)[nH]c(=S)[nH]1. The molecule has 0 unspecified atom stereocenters. The summed E-state index contributed by atoms with van der Waals surface area (Å²) in [4.78, 5) is 64.2. The number of aromatic nitrogens is 15. The number of H-pyrrole nitrogens is 4. The molecule has 0 saturated carbocycles. The minimum Gasteiger partial charge on any atom is -0.405 e.